The molecule has 0 aromatic heterocycles. The van der Waals surface area contributed by atoms with Gasteiger partial charge < -0.3 is 14.6 Å². The quantitative estimate of drug-likeness (QED) is 0.765. The Hall–Kier alpha value is -1.92. The summed E-state index contributed by atoms with van der Waals surface area (Å²) in [6.07, 6.45) is -0.164. The van der Waals surface area contributed by atoms with Gasteiger partial charge in [-0.15, -0.1) is 0 Å². The van der Waals surface area contributed by atoms with E-state index in [4.69, 9.17) is 14.6 Å². The van der Waals surface area contributed by atoms with Crippen molar-refractivity contribution in [2.45, 2.75) is 6.42 Å². The van der Waals surface area contributed by atoms with Crippen LogP contribution in [0.4, 0.5) is 0 Å². The Morgan fingerprint density at radius 2 is 1.91 bits per heavy atom. The van der Waals surface area contributed by atoms with E-state index in [1.807, 2.05) is 0 Å². The number of Topliss-reactive ketones (excluding diaryl/α,β-unsaturated/α-hetero) is 1. The normalized spacial score (nSPS) is 17.0. The Morgan fingerprint density at radius 3 is 2.45 bits per heavy atom. The maximum atomic E-state index is 12.6. The van der Waals surface area contributed by atoms with Crippen LogP contribution in [0, 0.1) is 5.92 Å². The lowest BCUT2D eigenvalue weighted by molar-refractivity contribution is -0.138. The molecule has 0 aliphatic carbocycles. The molecule has 1 unspecified atom stereocenters. The number of hydrogen-bond donors (Lipinski definition) is 1. The first-order valence-corrected chi connectivity index (χ1v) is 7.30. The van der Waals surface area contributed by atoms with E-state index < -0.39 is 11.9 Å². The molecule has 22 heavy (non-hydrogen) atoms. The number of aliphatic carboxylic acids is 1. The molecule has 0 radical (unpaired) electrons. The second-order valence-electron chi connectivity index (χ2n) is 5.30. The highest BCUT2D eigenvalue weighted by molar-refractivity contribution is 5.99. The van der Waals surface area contributed by atoms with E-state index in [0.29, 0.717) is 31.1 Å². The lowest BCUT2D eigenvalue weighted by atomic mass is 9.93. The molecule has 1 fully saturated rings. The summed E-state index contributed by atoms with van der Waals surface area (Å²) < 4.78 is 10.3. The highest BCUT2D eigenvalue weighted by atomic mass is 16.5. The minimum Gasteiger partial charge on any atom is -0.497 e. The summed E-state index contributed by atoms with van der Waals surface area (Å²) in [4.78, 5) is 25.7. The molecule has 120 valence electrons. The number of nitrogens with zero attached hydrogens (tertiary/aromatic N) is 1. The molecule has 1 aromatic rings. The fourth-order valence-electron chi connectivity index (χ4n) is 2.54. The van der Waals surface area contributed by atoms with Gasteiger partial charge in [0.25, 0.3) is 0 Å². The summed E-state index contributed by atoms with van der Waals surface area (Å²) in [6.45, 7) is 3.14. The number of rotatable bonds is 7. The summed E-state index contributed by atoms with van der Waals surface area (Å²) in [7, 11) is 1.56. The number of carboxylic acid groups (broad SMARTS) is 1. The summed E-state index contributed by atoms with van der Waals surface area (Å²) in [6, 6.07) is 6.77. The van der Waals surface area contributed by atoms with Crippen molar-refractivity contribution in [3.8, 4) is 5.75 Å². The van der Waals surface area contributed by atoms with Gasteiger partial charge in [0, 0.05) is 31.1 Å². The third-order valence-electron chi connectivity index (χ3n) is 3.75. The monoisotopic (exact) mass is 307 g/mol. The van der Waals surface area contributed by atoms with E-state index in [1.54, 1.807) is 31.4 Å². The van der Waals surface area contributed by atoms with Gasteiger partial charge in [0.15, 0.2) is 5.78 Å². The molecule has 1 atom stereocenters. The van der Waals surface area contributed by atoms with Crippen LogP contribution >= 0.6 is 0 Å². The van der Waals surface area contributed by atoms with Crippen molar-refractivity contribution in [3.63, 3.8) is 0 Å². The number of ether oxygens (including phenoxy) is 2. The molecule has 6 heteroatoms. The molecule has 0 spiro atoms. The third kappa shape index (κ3) is 4.54. The maximum absolute atomic E-state index is 12.6. The molecule has 1 heterocycles. The lowest BCUT2D eigenvalue weighted by Crippen LogP contribution is -2.41. The molecular formula is C16H21NO5. The minimum absolute atomic E-state index is 0.142. The van der Waals surface area contributed by atoms with Gasteiger partial charge in [0.1, 0.15) is 5.75 Å². The van der Waals surface area contributed by atoms with E-state index in [0.717, 1.165) is 13.1 Å². The van der Waals surface area contributed by atoms with Gasteiger partial charge in [-0.3, -0.25) is 14.5 Å². The summed E-state index contributed by atoms with van der Waals surface area (Å²) in [5, 5.41) is 9.08. The molecule has 6 nitrogen and oxygen atoms in total. The zero-order chi connectivity index (χ0) is 15.9. The lowest BCUT2D eigenvalue weighted by Gasteiger charge is -2.29. The van der Waals surface area contributed by atoms with Crippen molar-refractivity contribution in [3.05, 3.63) is 29.8 Å². The van der Waals surface area contributed by atoms with Crippen LogP contribution in [0.2, 0.25) is 0 Å². The second-order valence-corrected chi connectivity index (χ2v) is 5.30. The van der Waals surface area contributed by atoms with Crippen LogP contribution in [0.1, 0.15) is 16.8 Å². The zero-order valence-corrected chi connectivity index (χ0v) is 12.7. The summed E-state index contributed by atoms with van der Waals surface area (Å²) in [5.41, 5.74) is 0.514. The number of ketones is 1. The molecule has 1 aliphatic heterocycles. The largest absolute Gasteiger partial charge is 0.497 e. The predicted molar refractivity (Wildman–Crippen MR) is 80.3 cm³/mol. The van der Waals surface area contributed by atoms with Gasteiger partial charge in [0.05, 0.1) is 26.7 Å². The maximum Gasteiger partial charge on any atom is 0.304 e. The first kappa shape index (κ1) is 16.5. The van der Waals surface area contributed by atoms with Crippen LogP contribution < -0.4 is 4.74 Å². The molecule has 0 saturated carbocycles. The molecule has 1 saturated heterocycles. The fourth-order valence-corrected chi connectivity index (χ4v) is 2.54. The second kappa shape index (κ2) is 7.91. The SMILES string of the molecule is COc1ccc(C(=O)C(CC(=O)O)CN2CCOCC2)cc1. The van der Waals surface area contributed by atoms with Gasteiger partial charge in [-0.2, -0.15) is 0 Å². The molecular weight excluding hydrogens is 286 g/mol. The van der Waals surface area contributed by atoms with Crippen molar-refractivity contribution in [2.75, 3.05) is 40.0 Å². The molecule has 1 N–H and O–H groups in total. The molecule has 0 amide bonds. The highest BCUT2D eigenvalue weighted by Gasteiger charge is 2.26. The Labute approximate surface area is 129 Å². The number of hydrogen-bond acceptors (Lipinski definition) is 5. The van der Waals surface area contributed by atoms with E-state index >= 15 is 0 Å². The predicted octanol–water partition coefficient (Wildman–Crippen LogP) is 1.30. The van der Waals surface area contributed by atoms with Crippen LogP contribution in [0.3, 0.4) is 0 Å². The molecule has 1 aliphatic rings. The molecule has 1 aromatic carbocycles. The van der Waals surface area contributed by atoms with Crippen LogP contribution in [-0.2, 0) is 9.53 Å². The molecule has 2 rings (SSSR count). The van der Waals surface area contributed by atoms with E-state index in [-0.39, 0.29) is 12.2 Å². The highest BCUT2D eigenvalue weighted by Crippen LogP contribution is 2.18. The number of carbonyl (C=O) groups is 2. The minimum atomic E-state index is -0.958. The van der Waals surface area contributed by atoms with Crippen LogP contribution in [0.25, 0.3) is 0 Å². The third-order valence-corrected chi connectivity index (χ3v) is 3.75. The first-order chi connectivity index (χ1) is 10.6. The Bertz CT molecular complexity index is 508. The summed E-state index contributed by atoms with van der Waals surface area (Å²) >= 11 is 0. The Balaban J connectivity index is 2.08. The van der Waals surface area contributed by atoms with E-state index in [9.17, 15) is 9.59 Å². The fraction of sp³-hybridized carbons (Fsp3) is 0.500. The number of methoxy groups -OCH3 is 1. The Morgan fingerprint density at radius 1 is 1.27 bits per heavy atom. The van der Waals surface area contributed by atoms with Crippen molar-refractivity contribution >= 4 is 11.8 Å². The number of morpholine rings is 1. The van der Waals surface area contributed by atoms with E-state index in [1.165, 1.54) is 0 Å². The average molecular weight is 307 g/mol. The van der Waals surface area contributed by atoms with Gasteiger partial charge in [0.2, 0.25) is 0 Å². The van der Waals surface area contributed by atoms with Crippen molar-refractivity contribution in [1.82, 2.24) is 4.90 Å². The van der Waals surface area contributed by atoms with Crippen LogP contribution in [-0.4, -0.2) is 61.7 Å². The van der Waals surface area contributed by atoms with Gasteiger partial charge in [-0.25, -0.2) is 0 Å². The Kier molecular flexibility index (Phi) is 5.91. The first-order valence-electron chi connectivity index (χ1n) is 7.30. The van der Waals surface area contributed by atoms with Crippen molar-refractivity contribution in [2.24, 2.45) is 5.92 Å². The average Bonchev–Trinajstić information content (AvgIpc) is 2.54. The summed E-state index contributed by atoms with van der Waals surface area (Å²) in [5.74, 6) is -0.986. The number of benzene rings is 1. The van der Waals surface area contributed by atoms with E-state index in [2.05, 4.69) is 4.90 Å². The van der Waals surface area contributed by atoms with Gasteiger partial charge in [-0.05, 0) is 24.3 Å². The standard InChI is InChI=1S/C16H21NO5/c1-21-14-4-2-12(3-5-14)16(20)13(10-15(18)19)11-17-6-8-22-9-7-17/h2-5,13H,6-11H2,1H3,(H,18,19). The molecule has 0 bridgehead atoms. The van der Waals surface area contributed by atoms with Crippen molar-refractivity contribution in [1.29, 1.82) is 0 Å². The van der Waals surface area contributed by atoms with Gasteiger partial charge >= 0.3 is 5.97 Å². The van der Waals surface area contributed by atoms with Crippen LogP contribution in [0.15, 0.2) is 24.3 Å². The number of carboxylic acids is 1. The zero-order valence-electron chi connectivity index (χ0n) is 12.7. The number of carbonyl (C=O) groups excluding carboxylic acids is 1. The topological polar surface area (TPSA) is 76.1 Å². The van der Waals surface area contributed by atoms with Crippen LogP contribution in [0.5, 0.6) is 5.75 Å². The smallest absolute Gasteiger partial charge is 0.304 e. The van der Waals surface area contributed by atoms with Crippen molar-refractivity contribution < 1.29 is 24.2 Å². The van der Waals surface area contributed by atoms with Gasteiger partial charge in [-0.1, -0.05) is 0 Å².